The summed E-state index contributed by atoms with van der Waals surface area (Å²) in [6.45, 7) is 2.44. The molecule has 3 nitrogen and oxygen atoms in total. The summed E-state index contributed by atoms with van der Waals surface area (Å²) in [6.07, 6.45) is 0. The van der Waals surface area contributed by atoms with Crippen LogP contribution in [0.15, 0.2) is 0 Å². The van der Waals surface area contributed by atoms with Crippen LogP contribution in [0.5, 0.6) is 0 Å². The maximum absolute atomic E-state index is 10.4. The van der Waals surface area contributed by atoms with Crippen molar-refractivity contribution in [3.8, 4) is 0 Å². The van der Waals surface area contributed by atoms with Crippen LogP contribution in [0, 0.1) is 44.1 Å². The van der Waals surface area contributed by atoms with E-state index in [1.165, 1.54) is 13.3 Å². The minimum atomic E-state index is -2.42. The summed E-state index contributed by atoms with van der Waals surface area (Å²) < 4.78 is 14.8. The molecule has 8 heavy (non-hydrogen) atoms. The fourth-order valence-electron chi connectivity index (χ4n) is 0.139. The van der Waals surface area contributed by atoms with Gasteiger partial charge in [0.1, 0.15) is 0 Å². The summed E-state index contributed by atoms with van der Waals surface area (Å²) >= 11 is 0. The Balaban J connectivity index is 0. The first kappa shape index (κ1) is 12.3. The van der Waals surface area contributed by atoms with Gasteiger partial charge in [0.25, 0.3) is 0 Å². The fraction of sp³-hybridized carbons (Fsp3) is 1.00. The minimum absolute atomic E-state index is 0. The van der Waals surface area contributed by atoms with Crippen LogP contribution < -0.4 is 0 Å². The molecule has 0 bridgehead atoms. The molecule has 0 saturated carbocycles. The number of hydrogen-bond acceptors (Lipinski definition) is 3. The monoisotopic (exact) mass is 351 g/mol. The molecule has 0 heterocycles. The van der Waals surface area contributed by atoms with E-state index in [0.717, 1.165) is 0 Å². The Morgan fingerprint density at radius 1 is 1.62 bits per heavy atom. The van der Waals surface area contributed by atoms with E-state index in [2.05, 4.69) is 4.52 Å². The molecule has 0 aromatic rings. The van der Waals surface area contributed by atoms with Crippen LogP contribution in [0.3, 0.4) is 0 Å². The second-order valence-electron chi connectivity index (χ2n) is 1.51. The number of rotatable bonds is 2. The molecule has 0 spiro atoms. The van der Waals surface area contributed by atoms with Crippen molar-refractivity contribution in [1.82, 2.24) is 0 Å². The third kappa shape index (κ3) is 10.5. The Kier molecular flexibility index (Phi) is 8.26. The zero-order valence-corrected chi connectivity index (χ0v) is 10.6. The van der Waals surface area contributed by atoms with Gasteiger partial charge in [0.15, 0.2) is 14.2 Å². The van der Waals surface area contributed by atoms with Crippen molar-refractivity contribution in [2.75, 3.05) is 20.1 Å². The Morgan fingerprint density at radius 2 is 2.00 bits per heavy atom. The van der Waals surface area contributed by atoms with Gasteiger partial charge in [-0.1, -0.05) is 0 Å². The number of aliphatic hydroxyl groups is 1. The van der Waals surface area contributed by atoms with Gasteiger partial charge >= 0.3 is 0 Å². The average Bonchev–Trinajstić information content (AvgIpc) is 1.30. The van der Waals surface area contributed by atoms with Crippen molar-refractivity contribution < 1.29 is 58.3 Å². The van der Waals surface area contributed by atoms with Crippen molar-refractivity contribution in [2.45, 2.75) is 0 Å². The van der Waals surface area contributed by atoms with Crippen molar-refractivity contribution in [2.24, 2.45) is 0 Å². The molecule has 0 atom stereocenters. The van der Waals surface area contributed by atoms with Crippen molar-refractivity contribution >= 4 is 7.37 Å². The summed E-state index contributed by atoms with van der Waals surface area (Å²) in [7, 11) is -2.42. The Hall–Kier alpha value is 1.59. The van der Waals surface area contributed by atoms with Crippen LogP contribution in [0.1, 0.15) is 0 Å². The van der Waals surface area contributed by atoms with Crippen molar-refractivity contribution in [1.29, 1.82) is 0 Å². The van der Waals surface area contributed by atoms with E-state index in [1.807, 2.05) is 0 Å². The molecule has 0 aliphatic heterocycles. The van der Waals surface area contributed by atoms with Crippen LogP contribution in [0.2, 0.25) is 0 Å². The second kappa shape index (κ2) is 5.38. The van der Waals surface area contributed by atoms with E-state index in [4.69, 9.17) is 5.11 Å². The van der Waals surface area contributed by atoms with Crippen LogP contribution in [-0.2, 0) is 9.09 Å². The normalized spacial score (nSPS) is 10.4. The van der Waals surface area contributed by atoms with Gasteiger partial charge in [-0.2, -0.15) is 0 Å². The molecule has 1 radical (unpaired) electrons. The Labute approximate surface area is 84.8 Å². The van der Waals surface area contributed by atoms with Gasteiger partial charge in [-0.05, 0) is 0 Å². The van der Waals surface area contributed by atoms with Gasteiger partial charge in [0, 0.05) is 57.4 Å². The molecule has 47 valence electrons. The predicted octanol–water partition coefficient (Wildman–Crippen LogP) is 0.490. The third-order valence-electron chi connectivity index (χ3n) is 0.369. The Bertz CT molecular complexity index is 88.5. The first-order chi connectivity index (χ1) is 3.06. The largest absolute Gasteiger partial charge is 0.370 e. The molecule has 0 fully saturated rings. The molecule has 0 aromatic carbocycles. The smallest absolute Gasteiger partial charge is 0.199 e. The molecule has 5 heteroatoms. The van der Waals surface area contributed by atoms with Crippen molar-refractivity contribution in [3.05, 3.63) is 0 Å². The van der Waals surface area contributed by atoms with Crippen LogP contribution >= 0.6 is 7.37 Å². The Morgan fingerprint density at radius 3 is 2.00 bits per heavy atom. The second-order valence-corrected chi connectivity index (χ2v) is 4.27. The molecule has 1 N–H and O–H groups in total. The summed E-state index contributed by atoms with van der Waals surface area (Å²) in [5, 5.41) is 8.01. The molecule has 0 aliphatic rings. The molecular weight excluding hydrogens is 342 g/mol. The van der Waals surface area contributed by atoms with E-state index < -0.39 is 14.2 Å². The van der Waals surface area contributed by atoms with E-state index in [0.29, 0.717) is 0 Å². The minimum Gasteiger partial charge on any atom is -0.370 e. The summed E-state index contributed by atoms with van der Waals surface area (Å²) in [5.74, 6) is 0. The van der Waals surface area contributed by atoms with E-state index in [-0.39, 0.29) is 44.1 Å². The summed E-state index contributed by atoms with van der Waals surface area (Å²) in [6, 6.07) is 0. The van der Waals surface area contributed by atoms with Gasteiger partial charge < -0.3 is 9.63 Å². The SMILES string of the molecule is CP(C)(=O)OCO.[Ac]. The van der Waals surface area contributed by atoms with E-state index in [9.17, 15) is 4.57 Å². The molecule has 0 aliphatic carbocycles. The van der Waals surface area contributed by atoms with Crippen LogP contribution in [0.4, 0.5) is 0 Å². The topological polar surface area (TPSA) is 46.5 Å². The average molecular weight is 351 g/mol. The number of aliphatic hydroxyl groups excluding tert-OH is 1. The van der Waals surface area contributed by atoms with Gasteiger partial charge in [-0.3, -0.25) is 4.57 Å². The maximum atomic E-state index is 10.4. The molecule has 0 aromatic heterocycles. The zero-order valence-electron chi connectivity index (χ0n) is 5.00. The van der Waals surface area contributed by atoms with Gasteiger partial charge in [-0.15, -0.1) is 0 Å². The first-order valence-corrected chi connectivity index (χ1v) is 4.38. The van der Waals surface area contributed by atoms with E-state index in [1.54, 1.807) is 0 Å². The maximum Gasteiger partial charge on any atom is 0.199 e. The van der Waals surface area contributed by atoms with Crippen LogP contribution in [0.25, 0.3) is 0 Å². The quantitative estimate of drug-likeness (QED) is 0.582. The molecule has 0 saturated heterocycles. The van der Waals surface area contributed by atoms with Gasteiger partial charge in [0.2, 0.25) is 0 Å². The molecular formula is C3H9AcO3P. The first-order valence-electron chi connectivity index (χ1n) is 1.86. The zero-order chi connectivity index (χ0) is 5.91. The fourth-order valence-corrected chi connectivity index (χ4v) is 0.417. The predicted molar refractivity (Wildman–Crippen MR) is 27.6 cm³/mol. The molecule has 0 rings (SSSR count). The van der Waals surface area contributed by atoms with E-state index >= 15 is 0 Å². The summed E-state index contributed by atoms with van der Waals surface area (Å²) in [5.41, 5.74) is 0. The van der Waals surface area contributed by atoms with Gasteiger partial charge in [-0.25, -0.2) is 0 Å². The standard InChI is InChI=1S/C3H9O3P.Ac/c1-7(2,5)6-3-4;/h4H,3H2,1-2H3;. The molecule has 0 amide bonds. The molecule has 0 unspecified atom stereocenters. The van der Waals surface area contributed by atoms with Gasteiger partial charge in [0.05, 0.1) is 0 Å². The third-order valence-corrected chi connectivity index (χ3v) is 1.11. The number of hydrogen-bond donors (Lipinski definition) is 1. The summed E-state index contributed by atoms with van der Waals surface area (Å²) in [4.78, 5) is 0. The van der Waals surface area contributed by atoms with Crippen LogP contribution in [-0.4, -0.2) is 25.2 Å². The van der Waals surface area contributed by atoms with Crippen molar-refractivity contribution in [3.63, 3.8) is 0 Å².